The van der Waals surface area contributed by atoms with E-state index in [2.05, 4.69) is 49.4 Å². The molecule has 0 saturated carbocycles. The van der Waals surface area contributed by atoms with E-state index in [9.17, 15) is 0 Å². The summed E-state index contributed by atoms with van der Waals surface area (Å²) < 4.78 is 0. The Bertz CT molecular complexity index is 819. The topological polar surface area (TPSA) is 53.9 Å². The van der Waals surface area contributed by atoms with Crippen LogP contribution in [0.25, 0.3) is 0 Å². The first kappa shape index (κ1) is 14.6. The van der Waals surface area contributed by atoms with E-state index in [-0.39, 0.29) is 0 Å². The molecule has 1 N–H and O–H groups in total. The second-order valence-electron chi connectivity index (χ2n) is 5.85. The summed E-state index contributed by atoms with van der Waals surface area (Å²) in [7, 11) is 0. The fourth-order valence-electron chi connectivity index (χ4n) is 3.06. The van der Waals surface area contributed by atoms with Gasteiger partial charge in [-0.2, -0.15) is 0 Å². The van der Waals surface area contributed by atoms with Gasteiger partial charge in [0.2, 0.25) is 0 Å². The van der Waals surface area contributed by atoms with E-state index in [1.807, 2.05) is 18.2 Å². The van der Waals surface area contributed by atoms with Crippen LogP contribution in [0.3, 0.4) is 0 Å². The lowest BCUT2D eigenvalue weighted by Gasteiger charge is -2.30. The number of pyridine rings is 1. The number of nitrogens with one attached hydrogen (secondary N) is 1. The summed E-state index contributed by atoms with van der Waals surface area (Å²) in [6, 6.07) is 14.6. The minimum Gasteiger partial charge on any atom is -0.366 e. The average Bonchev–Trinajstić information content (AvgIpc) is 2.67. The number of aryl methyl sites for hydroxylation is 1. The first-order valence-corrected chi connectivity index (χ1v) is 8.20. The maximum Gasteiger partial charge on any atom is 0.138 e. The van der Waals surface area contributed by atoms with Gasteiger partial charge in [0.25, 0.3) is 0 Å². The molecule has 0 atom stereocenters. The van der Waals surface area contributed by atoms with Crippen molar-refractivity contribution in [3.8, 4) is 0 Å². The standard InChI is InChI=1S/C19H19N5/c1-2-6-17-16(4-1)5-3-11-24(17)19-12-18(22-14-23-19)21-13-15-7-9-20-10-8-15/h1-2,4,6-10,12,14H,3,5,11,13H2,(H,21,22,23). The van der Waals surface area contributed by atoms with Gasteiger partial charge < -0.3 is 10.2 Å². The van der Waals surface area contributed by atoms with E-state index in [1.54, 1.807) is 18.7 Å². The molecule has 0 amide bonds. The zero-order valence-electron chi connectivity index (χ0n) is 13.4. The Kier molecular flexibility index (Phi) is 4.06. The number of para-hydroxylation sites is 1. The minimum atomic E-state index is 0.718. The SMILES string of the molecule is c1ccc2c(c1)CCCN2c1cc(NCc2ccncc2)ncn1. The van der Waals surface area contributed by atoms with Crippen LogP contribution in [0, 0.1) is 0 Å². The van der Waals surface area contributed by atoms with Crippen LogP contribution in [0.4, 0.5) is 17.3 Å². The van der Waals surface area contributed by atoms with Crippen LogP contribution < -0.4 is 10.2 Å². The van der Waals surface area contributed by atoms with Crippen LogP contribution >= 0.6 is 0 Å². The zero-order valence-corrected chi connectivity index (χ0v) is 13.4. The van der Waals surface area contributed by atoms with E-state index in [1.165, 1.54) is 16.8 Å². The number of benzene rings is 1. The Hall–Kier alpha value is -2.95. The Labute approximate surface area is 141 Å². The Morgan fingerprint density at radius 2 is 1.92 bits per heavy atom. The quantitative estimate of drug-likeness (QED) is 0.797. The second kappa shape index (κ2) is 6.66. The van der Waals surface area contributed by atoms with Gasteiger partial charge in [-0.3, -0.25) is 4.98 Å². The first-order valence-electron chi connectivity index (χ1n) is 8.20. The van der Waals surface area contributed by atoms with Gasteiger partial charge in [0.1, 0.15) is 18.0 Å². The summed E-state index contributed by atoms with van der Waals surface area (Å²) in [5, 5.41) is 3.36. The Balaban J connectivity index is 1.55. The van der Waals surface area contributed by atoms with Gasteiger partial charge in [-0.25, -0.2) is 9.97 Å². The summed E-state index contributed by atoms with van der Waals surface area (Å²) in [6.45, 7) is 1.70. The monoisotopic (exact) mass is 317 g/mol. The lowest BCUT2D eigenvalue weighted by molar-refractivity contribution is 0.758. The summed E-state index contributed by atoms with van der Waals surface area (Å²) >= 11 is 0. The van der Waals surface area contributed by atoms with Crippen molar-refractivity contribution in [3.05, 3.63) is 72.3 Å². The smallest absolute Gasteiger partial charge is 0.138 e. The lowest BCUT2D eigenvalue weighted by atomic mass is 10.0. The van der Waals surface area contributed by atoms with Gasteiger partial charge >= 0.3 is 0 Å². The third-order valence-corrected chi connectivity index (χ3v) is 4.26. The number of hydrogen-bond donors (Lipinski definition) is 1. The summed E-state index contributed by atoms with van der Waals surface area (Å²) in [4.78, 5) is 15.1. The van der Waals surface area contributed by atoms with E-state index in [4.69, 9.17) is 0 Å². The largest absolute Gasteiger partial charge is 0.366 e. The number of hydrogen-bond acceptors (Lipinski definition) is 5. The second-order valence-corrected chi connectivity index (χ2v) is 5.85. The van der Waals surface area contributed by atoms with Crippen LogP contribution in [-0.2, 0) is 13.0 Å². The molecule has 2 aromatic heterocycles. The summed E-state index contributed by atoms with van der Waals surface area (Å²) in [5.41, 5.74) is 3.81. The van der Waals surface area contributed by atoms with Crippen molar-refractivity contribution in [3.63, 3.8) is 0 Å². The molecule has 24 heavy (non-hydrogen) atoms. The molecule has 0 radical (unpaired) electrons. The summed E-state index contributed by atoms with van der Waals surface area (Å²) in [5.74, 6) is 1.77. The molecule has 3 aromatic rings. The molecule has 0 saturated heterocycles. The zero-order chi connectivity index (χ0) is 16.2. The van der Waals surface area contributed by atoms with Crippen molar-refractivity contribution in [1.82, 2.24) is 15.0 Å². The fourth-order valence-corrected chi connectivity index (χ4v) is 3.06. The van der Waals surface area contributed by atoms with Crippen molar-refractivity contribution in [2.45, 2.75) is 19.4 Å². The highest BCUT2D eigenvalue weighted by atomic mass is 15.2. The highest BCUT2D eigenvalue weighted by Gasteiger charge is 2.18. The van der Waals surface area contributed by atoms with Gasteiger partial charge in [0, 0.05) is 37.2 Å². The van der Waals surface area contributed by atoms with Crippen LogP contribution in [0.1, 0.15) is 17.5 Å². The first-order chi connectivity index (χ1) is 11.9. The molecule has 120 valence electrons. The molecule has 0 unspecified atom stereocenters. The molecule has 1 aliphatic heterocycles. The maximum atomic E-state index is 4.48. The van der Waals surface area contributed by atoms with Gasteiger partial charge in [-0.05, 0) is 42.2 Å². The predicted molar refractivity (Wildman–Crippen MR) is 95.4 cm³/mol. The number of aromatic nitrogens is 3. The molecule has 5 nitrogen and oxygen atoms in total. The molecule has 1 aromatic carbocycles. The Morgan fingerprint density at radius 1 is 1.04 bits per heavy atom. The number of rotatable bonds is 4. The molecular weight excluding hydrogens is 298 g/mol. The van der Waals surface area contributed by atoms with Gasteiger partial charge in [0.05, 0.1) is 0 Å². The molecule has 4 rings (SSSR count). The van der Waals surface area contributed by atoms with Crippen molar-refractivity contribution < 1.29 is 0 Å². The van der Waals surface area contributed by atoms with E-state index in [0.717, 1.165) is 37.6 Å². The van der Waals surface area contributed by atoms with Crippen molar-refractivity contribution in [2.75, 3.05) is 16.8 Å². The molecule has 0 spiro atoms. The number of anilines is 3. The normalized spacial score (nSPS) is 13.4. The van der Waals surface area contributed by atoms with E-state index < -0.39 is 0 Å². The number of nitrogens with zero attached hydrogens (tertiary/aromatic N) is 4. The number of fused-ring (bicyclic) bond motifs is 1. The van der Waals surface area contributed by atoms with E-state index >= 15 is 0 Å². The Morgan fingerprint density at radius 3 is 2.83 bits per heavy atom. The van der Waals surface area contributed by atoms with E-state index in [0.29, 0.717) is 0 Å². The molecular formula is C19H19N5. The van der Waals surface area contributed by atoms with Crippen LogP contribution in [-0.4, -0.2) is 21.5 Å². The maximum absolute atomic E-state index is 4.48. The molecule has 0 aliphatic carbocycles. The minimum absolute atomic E-state index is 0.718. The van der Waals surface area contributed by atoms with Crippen molar-refractivity contribution >= 4 is 17.3 Å². The van der Waals surface area contributed by atoms with Crippen LogP contribution in [0.5, 0.6) is 0 Å². The van der Waals surface area contributed by atoms with Crippen LogP contribution in [0.15, 0.2) is 61.2 Å². The van der Waals surface area contributed by atoms with Crippen LogP contribution in [0.2, 0.25) is 0 Å². The molecule has 5 heteroatoms. The van der Waals surface area contributed by atoms with Crippen molar-refractivity contribution in [2.24, 2.45) is 0 Å². The third-order valence-electron chi connectivity index (χ3n) is 4.26. The van der Waals surface area contributed by atoms with Crippen molar-refractivity contribution in [1.29, 1.82) is 0 Å². The fraction of sp³-hybridized carbons (Fsp3) is 0.211. The molecule has 3 heterocycles. The molecule has 1 aliphatic rings. The average molecular weight is 317 g/mol. The molecule has 0 bridgehead atoms. The third kappa shape index (κ3) is 3.06. The van der Waals surface area contributed by atoms with Gasteiger partial charge in [-0.15, -0.1) is 0 Å². The predicted octanol–water partition coefficient (Wildman–Crippen LogP) is 3.57. The summed E-state index contributed by atoms with van der Waals surface area (Å²) in [6.07, 6.45) is 7.49. The molecule has 0 fully saturated rings. The van der Waals surface area contributed by atoms with Gasteiger partial charge in [0.15, 0.2) is 0 Å². The highest BCUT2D eigenvalue weighted by Crippen LogP contribution is 2.32. The van der Waals surface area contributed by atoms with Gasteiger partial charge in [-0.1, -0.05) is 18.2 Å². The highest BCUT2D eigenvalue weighted by molar-refractivity contribution is 5.66. The lowest BCUT2D eigenvalue weighted by Crippen LogP contribution is -2.25.